The summed E-state index contributed by atoms with van der Waals surface area (Å²) < 4.78 is 16.5. The van der Waals surface area contributed by atoms with Gasteiger partial charge in [0.25, 0.3) is 0 Å². The minimum absolute atomic E-state index is 0.237. The molecule has 1 aliphatic heterocycles. The highest BCUT2D eigenvalue weighted by molar-refractivity contribution is 5.55. The summed E-state index contributed by atoms with van der Waals surface area (Å²) in [5, 5.41) is 3.53. The quantitative estimate of drug-likeness (QED) is 0.711. The second-order valence-corrected chi connectivity index (χ2v) is 6.68. The van der Waals surface area contributed by atoms with Crippen molar-refractivity contribution in [3.63, 3.8) is 0 Å². The van der Waals surface area contributed by atoms with E-state index in [0.717, 1.165) is 40.4 Å². The second-order valence-electron chi connectivity index (χ2n) is 6.68. The smallest absolute Gasteiger partial charge is 0.164 e. The predicted octanol–water partition coefficient (Wildman–Crippen LogP) is 3.25. The van der Waals surface area contributed by atoms with E-state index in [1.165, 1.54) is 0 Å². The average Bonchev–Trinajstić information content (AvgIpc) is 2.77. The highest BCUT2D eigenvalue weighted by atomic mass is 16.5. The molecule has 1 aliphatic rings. The zero-order valence-electron chi connectivity index (χ0n) is 16.0. The minimum atomic E-state index is 0.237. The molecule has 2 aromatic carbocycles. The number of benzene rings is 2. The van der Waals surface area contributed by atoms with Crippen LogP contribution < -0.4 is 19.5 Å². The number of hydrogen-bond acceptors (Lipinski definition) is 6. The van der Waals surface area contributed by atoms with Crippen LogP contribution in [0.15, 0.2) is 54.9 Å². The van der Waals surface area contributed by atoms with Crippen molar-refractivity contribution < 1.29 is 14.2 Å². The molecule has 1 N–H and O–H groups in total. The monoisotopic (exact) mass is 377 g/mol. The summed E-state index contributed by atoms with van der Waals surface area (Å²) in [6, 6.07) is 14.0. The molecule has 3 aromatic rings. The van der Waals surface area contributed by atoms with Gasteiger partial charge in [0.2, 0.25) is 0 Å². The second kappa shape index (κ2) is 8.27. The minimum Gasteiger partial charge on any atom is -0.497 e. The number of methoxy groups -OCH3 is 2. The first-order chi connectivity index (χ1) is 13.8. The van der Waals surface area contributed by atoms with Gasteiger partial charge in [-0.25, -0.2) is 9.97 Å². The van der Waals surface area contributed by atoms with E-state index in [9.17, 15) is 0 Å². The normalized spacial score (nSPS) is 15.4. The summed E-state index contributed by atoms with van der Waals surface area (Å²) >= 11 is 0. The van der Waals surface area contributed by atoms with Crippen LogP contribution in [0, 0.1) is 0 Å². The van der Waals surface area contributed by atoms with Crippen molar-refractivity contribution in [3.05, 3.63) is 66.0 Å². The molecule has 0 spiro atoms. The number of nitrogens with one attached hydrogen (secondary N) is 1. The molecule has 6 heteroatoms. The molecule has 144 valence electrons. The standard InChI is InChI=1S/C22H23N3O3/c1-26-19-8-6-16(7-9-19)22-24-12-15(13-25-22)11-23-18-10-17-4-3-5-20(27-2)21(17)28-14-18/h3-9,12-13,18,23H,10-11,14H2,1-2H3/t18-/m1/s1. The number of hydrogen-bond donors (Lipinski definition) is 1. The van der Waals surface area contributed by atoms with Crippen LogP contribution in [0.5, 0.6) is 17.2 Å². The molecular formula is C22H23N3O3. The topological polar surface area (TPSA) is 65.5 Å². The van der Waals surface area contributed by atoms with Crippen LogP contribution in [0.3, 0.4) is 0 Å². The summed E-state index contributed by atoms with van der Waals surface area (Å²) in [7, 11) is 3.32. The third kappa shape index (κ3) is 3.92. The van der Waals surface area contributed by atoms with E-state index in [1.807, 2.05) is 48.8 Å². The van der Waals surface area contributed by atoms with Gasteiger partial charge < -0.3 is 19.5 Å². The van der Waals surface area contributed by atoms with Gasteiger partial charge in [-0.3, -0.25) is 0 Å². The van der Waals surface area contributed by atoms with Crippen molar-refractivity contribution in [2.45, 2.75) is 19.0 Å². The number of nitrogens with zero attached hydrogens (tertiary/aromatic N) is 2. The molecule has 1 atom stereocenters. The van der Waals surface area contributed by atoms with Gasteiger partial charge in [0.1, 0.15) is 12.4 Å². The Morgan fingerprint density at radius 3 is 2.54 bits per heavy atom. The maximum Gasteiger partial charge on any atom is 0.164 e. The molecule has 0 aliphatic carbocycles. The van der Waals surface area contributed by atoms with E-state index in [1.54, 1.807) is 14.2 Å². The van der Waals surface area contributed by atoms with Crippen molar-refractivity contribution in [2.24, 2.45) is 0 Å². The van der Waals surface area contributed by atoms with Crippen molar-refractivity contribution in [2.75, 3.05) is 20.8 Å². The third-order valence-electron chi connectivity index (χ3n) is 4.82. The van der Waals surface area contributed by atoms with Gasteiger partial charge in [-0.05, 0) is 42.3 Å². The fourth-order valence-corrected chi connectivity index (χ4v) is 3.28. The van der Waals surface area contributed by atoms with Gasteiger partial charge in [0.05, 0.1) is 14.2 Å². The Kier molecular flexibility index (Phi) is 5.39. The molecule has 1 aromatic heterocycles. The highest BCUT2D eigenvalue weighted by Gasteiger charge is 2.22. The van der Waals surface area contributed by atoms with Crippen molar-refractivity contribution in [1.82, 2.24) is 15.3 Å². The Hall–Kier alpha value is -3.12. The van der Waals surface area contributed by atoms with Crippen molar-refractivity contribution in [1.29, 1.82) is 0 Å². The molecule has 0 saturated heterocycles. The van der Waals surface area contributed by atoms with Crippen LogP contribution in [0.1, 0.15) is 11.1 Å². The Balaban J connectivity index is 1.36. The fourth-order valence-electron chi connectivity index (χ4n) is 3.28. The lowest BCUT2D eigenvalue weighted by Gasteiger charge is -2.27. The van der Waals surface area contributed by atoms with Crippen LogP contribution in [0.4, 0.5) is 0 Å². The third-order valence-corrected chi connectivity index (χ3v) is 4.82. The molecule has 6 nitrogen and oxygen atoms in total. The SMILES string of the molecule is COc1ccc(-c2ncc(CN[C@H]3COc4c(cccc4OC)C3)cn2)cc1. The number of para-hydroxylation sites is 1. The van der Waals surface area contributed by atoms with Crippen molar-refractivity contribution in [3.8, 4) is 28.6 Å². The van der Waals surface area contributed by atoms with Gasteiger partial charge >= 0.3 is 0 Å². The van der Waals surface area contributed by atoms with E-state index in [-0.39, 0.29) is 6.04 Å². The molecule has 0 saturated carbocycles. The summed E-state index contributed by atoms with van der Waals surface area (Å²) in [5.74, 6) is 3.17. The van der Waals surface area contributed by atoms with E-state index in [2.05, 4.69) is 21.4 Å². The van der Waals surface area contributed by atoms with Gasteiger partial charge in [-0.15, -0.1) is 0 Å². The molecule has 0 radical (unpaired) electrons. The van der Waals surface area contributed by atoms with Gasteiger partial charge in [0, 0.05) is 36.1 Å². The Morgan fingerprint density at radius 2 is 1.82 bits per heavy atom. The van der Waals surface area contributed by atoms with Crippen LogP contribution >= 0.6 is 0 Å². The zero-order chi connectivity index (χ0) is 19.3. The van der Waals surface area contributed by atoms with E-state index < -0.39 is 0 Å². The maximum atomic E-state index is 5.91. The Bertz CT molecular complexity index is 927. The molecule has 0 fully saturated rings. The first-order valence-electron chi connectivity index (χ1n) is 9.24. The molecule has 2 heterocycles. The van der Waals surface area contributed by atoms with Gasteiger partial charge in [0.15, 0.2) is 17.3 Å². The zero-order valence-corrected chi connectivity index (χ0v) is 16.0. The van der Waals surface area contributed by atoms with Crippen molar-refractivity contribution >= 4 is 0 Å². The highest BCUT2D eigenvalue weighted by Crippen LogP contribution is 2.34. The Labute approximate surface area is 164 Å². The fraction of sp³-hybridized carbons (Fsp3) is 0.273. The first kappa shape index (κ1) is 18.3. The van der Waals surface area contributed by atoms with E-state index in [4.69, 9.17) is 14.2 Å². The lowest BCUT2D eigenvalue weighted by molar-refractivity contribution is 0.226. The lowest BCUT2D eigenvalue weighted by Crippen LogP contribution is -2.39. The number of rotatable bonds is 6. The molecule has 28 heavy (non-hydrogen) atoms. The lowest BCUT2D eigenvalue weighted by atomic mass is 10.0. The molecule has 0 bridgehead atoms. The average molecular weight is 377 g/mol. The summed E-state index contributed by atoms with van der Waals surface area (Å²) in [5.41, 5.74) is 3.16. The maximum absolute atomic E-state index is 5.91. The van der Waals surface area contributed by atoms with Gasteiger partial charge in [-0.2, -0.15) is 0 Å². The largest absolute Gasteiger partial charge is 0.497 e. The molecular weight excluding hydrogens is 354 g/mol. The number of fused-ring (bicyclic) bond motifs is 1. The first-order valence-corrected chi connectivity index (χ1v) is 9.24. The molecule has 0 amide bonds. The number of aromatic nitrogens is 2. The van der Waals surface area contributed by atoms with E-state index in [0.29, 0.717) is 19.0 Å². The summed E-state index contributed by atoms with van der Waals surface area (Å²) in [6.07, 6.45) is 4.62. The molecule has 0 unspecified atom stereocenters. The van der Waals surface area contributed by atoms with Crippen LogP contribution in [-0.2, 0) is 13.0 Å². The summed E-state index contributed by atoms with van der Waals surface area (Å²) in [6.45, 7) is 1.30. The van der Waals surface area contributed by atoms with Gasteiger partial charge in [-0.1, -0.05) is 12.1 Å². The molecule has 4 rings (SSSR count). The van der Waals surface area contributed by atoms with Crippen LogP contribution in [0.2, 0.25) is 0 Å². The van der Waals surface area contributed by atoms with Crippen LogP contribution in [-0.4, -0.2) is 36.8 Å². The number of ether oxygens (including phenoxy) is 3. The Morgan fingerprint density at radius 1 is 1.04 bits per heavy atom. The summed E-state index contributed by atoms with van der Waals surface area (Å²) in [4.78, 5) is 8.97. The van der Waals surface area contributed by atoms with Crippen LogP contribution in [0.25, 0.3) is 11.4 Å². The predicted molar refractivity (Wildman–Crippen MR) is 107 cm³/mol. The van der Waals surface area contributed by atoms with E-state index >= 15 is 0 Å².